The zero-order chi connectivity index (χ0) is 16.6. The number of carboxylic acids is 1. The lowest BCUT2D eigenvalue weighted by Gasteiger charge is -2.35. The van der Waals surface area contributed by atoms with Gasteiger partial charge in [-0.15, -0.1) is 0 Å². The quantitative estimate of drug-likeness (QED) is 0.829. The average molecular weight is 322 g/mol. The number of nitrogens with zero attached hydrogens (tertiary/aromatic N) is 1. The molecule has 8 heteroatoms. The van der Waals surface area contributed by atoms with E-state index in [1.54, 1.807) is 0 Å². The molecule has 0 radical (unpaired) electrons. The number of morpholine rings is 1. The summed E-state index contributed by atoms with van der Waals surface area (Å²) in [4.78, 5) is 36.9. The number of anilines is 1. The van der Waals surface area contributed by atoms with Gasteiger partial charge in [0, 0.05) is 18.7 Å². The number of amides is 2. The predicted octanol–water partition coefficient (Wildman–Crippen LogP) is 0.564. The summed E-state index contributed by atoms with van der Waals surface area (Å²) in [7, 11) is 0. The Bertz CT molecular complexity index is 678. The van der Waals surface area contributed by atoms with Gasteiger partial charge in [-0.05, 0) is 17.7 Å². The summed E-state index contributed by atoms with van der Waals surface area (Å²) in [5.74, 6) is -3.10. The maximum Gasteiger partial charge on any atom is 0.334 e. The normalized spacial score (nSPS) is 23.9. The highest BCUT2D eigenvalue weighted by atomic mass is 19.1. The zero-order valence-electron chi connectivity index (χ0n) is 12.1. The van der Waals surface area contributed by atoms with Gasteiger partial charge in [0.2, 0.25) is 11.8 Å². The molecule has 3 rings (SSSR count). The van der Waals surface area contributed by atoms with Crippen molar-refractivity contribution in [1.82, 2.24) is 4.90 Å². The highest BCUT2D eigenvalue weighted by molar-refractivity contribution is 6.01. The molecular formula is C15H15FN2O5. The summed E-state index contributed by atoms with van der Waals surface area (Å²) in [6.45, 7) is 0.317. The molecule has 0 aromatic heterocycles. The average Bonchev–Trinajstić information content (AvgIpc) is 2.53. The van der Waals surface area contributed by atoms with Gasteiger partial charge in [-0.25, -0.2) is 9.18 Å². The molecule has 7 nitrogen and oxygen atoms in total. The van der Waals surface area contributed by atoms with Gasteiger partial charge in [0.1, 0.15) is 5.82 Å². The number of benzene rings is 1. The molecule has 122 valence electrons. The Balaban J connectivity index is 1.85. The fourth-order valence-corrected chi connectivity index (χ4v) is 2.88. The van der Waals surface area contributed by atoms with Crippen LogP contribution in [0.3, 0.4) is 0 Å². The van der Waals surface area contributed by atoms with E-state index in [9.17, 15) is 18.8 Å². The van der Waals surface area contributed by atoms with Gasteiger partial charge in [0.25, 0.3) is 0 Å². The number of rotatable bonds is 2. The van der Waals surface area contributed by atoms with Crippen molar-refractivity contribution >= 4 is 23.5 Å². The first-order valence-corrected chi connectivity index (χ1v) is 7.18. The van der Waals surface area contributed by atoms with Gasteiger partial charge in [-0.2, -0.15) is 0 Å². The molecular weight excluding hydrogens is 307 g/mol. The molecule has 1 saturated heterocycles. The third-order valence-electron chi connectivity index (χ3n) is 4.01. The van der Waals surface area contributed by atoms with Crippen molar-refractivity contribution in [2.45, 2.75) is 18.4 Å². The highest BCUT2D eigenvalue weighted by Crippen LogP contribution is 2.34. The summed E-state index contributed by atoms with van der Waals surface area (Å²) in [5.41, 5.74) is 0.817. The van der Waals surface area contributed by atoms with E-state index >= 15 is 0 Å². The van der Waals surface area contributed by atoms with Gasteiger partial charge in [0.05, 0.1) is 19.1 Å². The van der Waals surface area contributed by atoms with Crippen molar-refractivity contribution in [3.05, 3.63) is 29.6 Å². The molecule has 2 aliphatic heterocycles. The fourth-order valence-electron chi connectivity index (χ4n) is 2.88. The van der Waals surface area contributed by atoms with E-state index in [0.29, 0.717) is 5.56 Å². The SMILES string of the molecule is O=C1C[C@@H](C(=O)N2CCO[C@H](C(=O)O)C2)c2ccc(F)cc2N1. The Hall–Kier alpha value is -2.48. The van der Waals surface area contributed by atoms with E-state index in [1.807, 2.05) is 0 Å². The van der Waals surface area contributed by atoms with Crippen LogP contribution in [-0.4, -0.2) is 53.6 Å². The first-order valence-electron chi connectivity index (χ1n) is 7.18. The van der Waals surface area contributed by atoms with E-state index in [-0.39, 0.29) is 43.6 Å². The van der Waals surface area contributed by atoms with Gasteiger partial charge in [-0.3, -0.25) is 9.59 Å². The molecule has 1 aromatic rings. The summed E-state index contributed by atoms with van der Waals surface area (Å²) in [6.07, 6.45) is -1.12. The second-order valence-electron chi connectivity index (χ2n) is 5.52. The van der Waals surface area contributed by atoms with Gasteiger partial charge >= 0.3 is 5.97 Å². The molecule has 2 heterocycles. The summed E-state index contributed by atoms with van der Waals surface area (Å²) in [6, 6.07) is 3.88. The van der Waals surface area contributed by atoms with Crippen LogP contribution < -0.4 is 5.32 Å². The van der Waals surface area contributed by atoms with Crippen molar-refractivity contribution in [1.29, 1.82) is 0 Å². The number of halogens is 1. The van der Waals surface area contributed by atoms with Crippen LogP contribution in [0, 0.1) is 5.82 Å². The Kier molecular flexibility index (Phi) is 3.99. The van der Waals surface area contributed by atoms with Crippen LogP contribution >= 0.6 is 0 Å². The summed E-state index contributed by atoms with van der Waals surface area (Å²) >= 11 is 0. The van der Waals surface area contributed by atoms with E-state index in [0.717, 1.165) is 0 Å². The molecule has 2 aliphatic rings. The summed E-state index contributed by atoms with van der Waals surface area (Å²) < 4.78 is 18.4. The Morgan fingerprint density at radius 2 is 2.17 bits per heavy atom. The second kappa shape index (κ2) is 5.96. The number of hydrogen-bond acceptors (Lipinski definition) is 4. The first kappa shape index (κ1) is 15.4. The van der Waals surface area contributed by atoms with Crippen LogP contribution in [0.4, 0.5) is 10.1 Å². The Morgan fingerprint density at radius 1 is 1.39 bits per heavy atom. The topological polar surface area (TPSA) is 95.9 Å². The maximum absolute atomic E-state index is 13.3. The molecule has 0 saturated carbocycles. The van der Waals surface area contributed by atoms with Crippen molar-refractivity contribution in [3.8, 4) is 0 Å². The molecule has 1 aromatic carbocycles. The molecule has 2 N–H and O–H groups in total. The Morgan fingerprint density at radius 3 is 2.91 bits per heavy atom. The van der Waals surface area contributed by atoms with E-state index < -0.39 is 23.8 Å². The lowest BCUT2D eigenvalue weighted by molar-refractivity contribution is -0.160. The third kappa shape index (κ3) is 3.02. The minimum absolute atomic E-state index is 0.0490. The van der Waals surface area contributed by atoms with Crippen LogP contribution in [0.1, 0.15) is 17.9 Å². The standard InChI is InChI=1S/C15H15FN2O5/c16-8-1-2-9-10(6-13(19)17-11(9)5-8)14(20)18-3-4-23-12(7-18)15(21)22/h1-2,5,10,12H,3-4,6-7H2,(H,17,19)(H,21,22)/t10-,12+/m1/s1. The smallest absolute Gasteiger partial charge is 0.334 e. The number of carbonyl (C=O) groups excluding carboxylic acids is 2. The van der Waals surface area contributed by atoms with Crippen molar-refractivity contribution in [2.24, 2.45) is 0 Å². The number of carboxylic acid groups (broad SMARTS) is 1. The number of hydrogen-bond donors (Lipinski definition) is 2. The molecule has 1 fully saturated rings. The van der Waals surface area contributed by atoms with Crippen LogP contribution in [0.25, 0.3) is 0 Å². The third-order valence-corrected chi connectivity index (χ3v) is 4.01. The molecule has 2 amide bonds. The van der Waals surface area contributed by atoms with Gasteiger partial charge in [-0.1, -0.05) is 6.07 Å². The monoisotopic (exact) mass is 322 g/mol. The largest absolute Gasteiger partial charge is 0.479 e. The van der Waals surface area contributed by atoms with Crippen LogP contribution in [0.15, 0.2) is 18.2 Å². The zero-order valence-corrected chi connectivity index (χ0v) is 12.1. The van der Waals surface area contributed by atoms with Crippen molar-refractivity contribution < 1.29 is 28.6 Å². The molecule has 0 bridgehead atoms. The maximum atomic E-state index is 13.3. The predicted molar refractivity (Wildman–Crippen MR) is 76.3 cm³/mol. The number of fused-ring (bicyclic) bond motifs is 1. The molecule has 2 atom stereocenters. The Labute approximate surface area is 131 Å². The molecule has 23 heavy (non-hydrogen) atoms. The molecule has 0 spiro atoms. The lowest BCUT2D eigenvalue weighted by atomic mass is 9.89. The highest BCUT2D eigenvalue weighted by Gasteiger charge is 2.37. The van der Waals surface area contributed by atoms with Crippen LogP contribution in [-0.2, 0) is 19.1 Å². The number of aliphatic carboxylic acids is 1. The van der Waals surface area contributed by atoms with Crippen molar-refractivity contribution in [2.75, 3.05) is 25.0 Å². The number of ether oxygens (including phenoxy) is 1. The first-order chi connectivity index (χ1) is 11.0. The van der Waals surface area contributed by atoms with Gasteiger partial charge < -0.3 is 20.1 Å². The van der Waals surface area contributed by atoms with Crippen LogP contribution in [0.5, 0.6) is 0 Å². The fraction of sp³-hybridized carbons (Fsp3) is 0.400. The second-order valence-corrected chi connectivity index (χ2v) is 5.52. The lowest BCUT2D eigenvalue weighted by Crippen LogP contribution is -2.50. The molecule has 0 aliphatic carbocycles. The van der Waals surface area contributed by atoms with E-state index in [2.05, 4.69) is 5.32 Å². The number of nitrogens with one attached hydrogen (secondary N) is 1. The summed E-state index contributed by atoms with van der Waals surface area (Å²) in [5, 5.41) is 11.6. The van der Waals surface area contributed by atoms with Gasteiger partial charge in [0.15, 0.2) is 6.10 Å². The van der Waals surface area contributed by atoms with Crippen molar-refractivity contribution in [3.63, 3.8) is 0 Å². The van der Waals surface area contributed by atoms with Crippen LogP contribution in [0.2, 0.25) is 0 Å². The molecule has 0 unspecified atom stereocenters. The van der Waals surface area contributed by atoms with E-state index in [4.69, 9.17) is 9.84 Å². The van der Waals surface area contributed by atoms with E-state index in [1.165, 1.54) is 23.1 Å². The number of carbonyl (C=O) groups is 3. The minimum atomic E-state index is -1.13. The minimum Gasteiger partial charge on any atom is -0.479 e.